The van der Waals surface area contributed by atoms with Crippen LogP contribution in [0.2, 0.25) is 10.0 Å². The Balaban J connectivity index is 2.00. The molecule has 0 saturated heterocycles. The summed E-state index contributed by atoms with van der Waals surface area (Å²) in [6.45, 7) is 1.47. The van der Waals surface area contributed by atoms with E-state index in [0.717, 1.165) is 24.1 Å². The maximum Gasteiger partial charge on any atom is 0.178 e. The predicted molar refractivity (Wildman–Crippen MR) is 79.4 cm³/mol. The fourth-order valence-electron chi connectivity index (χ4n) is 2.01. The molecule has 1 aromatic carbocycles. The summed E-state index contributed by atoms with van der Waals surface area (Å²) in [6, 6.07) is 5.51. The molecule has 0 atom stereocenters. The number of fused-ring (bicyclic) bond motifs is 1. The lowest BCUT2D eigenvalue weighted by Crippen LogP contribution is -2.07. The highest BCUT2D eigenvalue weighted by Gasteiger charge is 2.08. The summed E-state index contributed by atoms with van der Waals surface area (Å²) in [4.78, 5) is 3.13. The molecule has 4 nitrogen and oxygen atoms in total. The van der Waals surface area contributed by atoms with Gasteiger partial charge in [0.1, 0.15) is 0 Å². The molecule has 7 heteroatoms. The van der Waals surface area contributed by atoms with Crippen molar-refractivity contribution >= 4 is 46.5 Å². The van der Waals surface area contributed by atoms with Crippen LogP contribution in [0.3, 0.4) is 0 Å². The third-order valence-electron chi connectivity index (χ3n) is 2.93. The lowest BCUT2D eigenvalue weighted by molar-refractivity contribution is 0.538. The van der Waals surface area contributed by atoms with Gasteiger partial charge in [0.25, 0.3) is 0 Å². The van der Waals surface area contributed by atoms with Crippen molar-refractivity contribution in [2.75, 3.05) is 0 Å². The number of benzene rings is 1. The fourth-order valence-corrected chi connectivity index (χ4v) is 2.63. The van der Waals surface area contributed by atoms with Crippen LogP contribution in [-0.4, -0.2) is 19.3 Å². The van der Waals surface area contributed by atoms with Gasteiger partial charge < -0.3 is 9.55 Å². The molecule has 0 fully saturated rings. The molecule has 19 heavy (non-hydrogen) atoms. The average Bonchev–Trinajstić information content (AvgIpc) is 2.96. The number of aromatic amines is 1. The molecule has 3 rings (SSSR count). The number of hydrogen-bond donors (Lipinski definition) is 1. The number of nitrogens with one attached hydrogen (secondary N) is 1. The minimum Gasteiger partial charge on any atom is -0.331 e. The van der Waals surface area contributed by atoms with E-state index in [-0.39, 0.29) is 0 Å². The Morgan fingerprint density at radius 1 is 1.21 bits per heavy atom. The zero-order chi connectivity index (χ0) is 13.4. The lowest BCUT2D eigenvalue weighted by atomic mass is 10.3. The molecule has 0 radical (unpaired) electrons. The summed E-state index contributed by atoms with van der Waals surface area (Å²) in [5.74, 6) is 0. The Kier molecular flexibility index (Phi) is 3.35. The number of aromatic nitrogens is 4. The van der Waals surface area contributed by atoms with Crippen LogP contribution < -0.4 is 0 Å². The highest BCUT2D eigenvalue weighted by Crippen LogP contribution is 2.27. The van der Waals surface area contributed by atoms with Crippen molar-refractivity contribution in [1.82, 2.24) is 19.3 Å². The lowest BCUT2D eigenvalue weighted by Gasteiger charge is -2.05. The minimum atomic E-state index is 0.518. The molecule has 0 aliphatic carbocycles. The first kappa shape index (κ1) is 12.7. The van der Waals surface area contributed by atoms with E-state index in [1.165, 1.54) is 0 Å². The molecule has 3 aromatic rings. The summed E-state index contributed by atoms with van der Waals surface area (Å²) in [5.41, 5.74) is 1.84. The number of halogens is 2. The normalized spacial score (nSPS) is 11.3. The molecule has 0 amide bonds. The molecular formula is C12H10Cl2N4S. The summed E-state index contributed by atoms with van der Waals surface area (Å²) in [6.07, 6.45) is 3.67. The van der Waals surface area contributed by atoms with Gasteiger partial charge in [-0.1, -0.05) is 23.2 Å². The van der Waals surface area contributed by atoms with E-state index < -0.39 is 0 Å². The van der Waals surface area contributed by atoms with Gasteiger partial charge in [-0.05, 0) is 30.4 Å². The van der Waals surface area contributed by atoms with Gasteiger partial charge in [0.05, 0.1) is 27.6 Å². The van der Waals surface area contributed by atoms with E-state index in [2.05, 4.69) is 10.1 Å². The Hall–Kier alpha value is -1.30. The van der Waals surface area contributed by atoms with Crippen LogP contribution in [0.5, 0.6) is 0 Å². The molecule has 2 heterocycles. The van der Waals surface area contributed by atoms with E-state index in [1.54, 1.807) is 12.3 Å². The van der Waals surface area contributed by atoms with Crippen molar-refractivity contribution in [3.8, 4) is 0 Å². The van der Waals surface area contributed by atoms with Crippen molar-refractivity contribution < 1.29 is 0 Å². The molecule has 0 spiro atoms. The van der Waals surface area contributed by atoms with E-state index >= 15 is 0 Å². The minimum absolute atomic E-state index is 0.518. The fraction of sp³-hybridized carbons (Fsp3) is 0.167. The molecule has 0 aliphatic rings. The van der Waals surface area contributed by atoms with Crippen LogP contribution in [-0.2, 0) is 13.1 Å². The van der Waals surface area contributed by atoms with Crippen molar-refractivity contribution in [3.63, 3.8) is 0 Å². The molecule has 2 aromatic heterocycles. The second-order valence-corrected chi connectivity index (χ2v) is 5.34. The monoisotopic (exact) mass is 312 g/mol. The van der Waals surface area contributed by atoms with Gasteiger partial charge in [-0.15, -0.1) is 0 Å². The summed E-state index contributed by atoms with van der Waals surface area (Å²) >= 11 is 17.4. The zero-order valence-electron chi connectivity index (χ0n) is 9.81. The number of hydrogen-bond acceptors (Lipinski definition) is 2. The third-order valence-corrected chi connectivity index (χ3v) is 3.97. The average molecular weight is 313 g/mol. The predicted octanol–water partition coefficient (Wildman–Crippen LogP) is 3.90. The van der Waals surface area contributed by atoms with Gasteiger partial charge in [0.2, 0.25) is 0 Å². The number of aryl methyl sites for hydroxylation is 2. The molecule has 1 N–H and O–H groups in total. The standard InChI is InChI=1S/C12H10Cl2N4S/c13-8-6-10-11(7-9(8)14)18(12(19)16-10)5-4-17-3-1-2-15-17/h1-3,6-7H,4-5H2,(H,16,19). The number of rotatable bonds is 3. The molecule has 0 unspecified atom stereocenters. The first-order valence-electron chi connectivity index (χ1n) is 5.70. The highest BCUT2D eigenvalue weighted by atomic mass is 35.5. The van der Waals surface area contributed by atoms with E-state index in [1.807, 2.05) is 27.6 Å². The van der Waals surface area contributed by atoms with Gasteiger partial charge in [0.15, 0.2) is 4.77 Å². The first-order chi connectivity index (χ1) is 9.15. The summed E-state index contributed by atoms with van der Waals surface area (Å²) in [7, 11) is 0. The highest BCUT2D eigenvalue weighted by molar-refractivity contribution is 7.71. The Morgan fingerprint density at radius 3 is 2.74 bits per heavy atom. The largest absolute Gasteiger partial charge is 0.331 e. The molecule has 98 valence electrons. The number of H-pyrrole nitrogens is 1. The molecule has 0 aliphatic heterocycles. The molecule has 0 bridgehead atoms. The number of nitrogens with zero attached hydrogens (tertiary/aromatic N) is 3. The quantitative estimate of drug-likeness (QED) is 0.745. The maximum atomic E-state index is 6.06. The maximum absolute atomic E-state index is 6.06. The van der Waals surface area contributed by atoms with Gasteiger partial charge in [-0.3, -0.25) is 4.68 Å². The van der Waals surface area contributed by atoms with Crippen LogP contribution >= 0.6 is 35.4 Å². The van der Waals surface area contributed by atoms with E-state index in [9.17, 15) is 0 Å². The Bertz CT molecular complexity index is 773. The van der Waals surface area contributed by atoms with Crippen LogP contribution in [0, 0.1) is 4.77 Å². The van der Waals surface area contributed by atoms with E-state index in [4.69, 9.17) is 35.4 Å². The van der Waals surface area contributed by atoms with Crippen molar-refractivity contribution in [2.24, 2.45) is 0 Å². The summed E-state index contributed by atoms with van der Waals surface area (Å²) in [5, 5.41) is 5.21. The third kappa shape index (κ3) is 2.41. The van der Waals surface area contributed by atoms with Gasteiger partial charge in [0, 0.05) is 18.9 Å². The second kappa shape index (κ2) is 5.00. The SMILES string of the molecule is S=c1[nH]c2cc(Cl)c(Cl)cc2n1CCn1cccn1. The van der Waals surface area contributed by atoms with Gasteiger partial charge in [-0.2, -0.15) is 5.10 Å². The van der Waals surface area contributed by atoms with E-state index in [0.29, 0.717) is 14.8 Å². The van der Waals surface area contributed by atoms with Crippen molar-refractivity contribution in [3.05, 3.63) is 45.4 Å². The topological polar surface area (TPSA) is 38.5 Å². The Morgan fingerprint density at radius 2 is 2.00 bits per heavy atom. The van der Waals surface area contributed by atoms with Gasteiger partial charge in [-0.25, -0.2) is 0 Å². The van der Waals surface area contributed by atoms with Crippen LogP contribution in [0.25, 0.3) is 11.0 Å². The van der Waals surface area contributed by atoms with Crippen molar-refractivity contribution in [1.29, 1.82) is 0 Å². The summed E-state index contributed by atoms with van der Waals surface area (Å²) < 4.78 is 4.51. The first-order valence-corrected chi connectivity index (χ1v) is 6.86. The molecular weight excluding hydrogens is 303 g/mol. The van der Waals surface area contributed by atoms with Crippen LogP contribution in [0.15, 0.2) is 30.6 Å². The number of imidazole rings is 1. The van der Waals surface area contributed by atoms with Gasteiger partial charge >= 0.3 is 0 Å². The van der Waals surface area contributed by atoms with Crippen molar-refractivity contribution in [2.45, 2.75) is 13.1 Å². The Labute approximate surface area is 124 Å². The molecule has 0 saturated carbocycles. The smallest absolute Gasteiger partial charge is 0.178 e. The van der Waals surface area contributed by atoms with Crippen LogP contribution in [0.4, 0.5) is 0 Å². The van der Waals surface area contributed by atoms with Crippen LogP contribution in [0.1, 0.15) is 0 Å². The second-order valence-electron chi connectivity index (χ2n) is 4.13. The zero-order valence-corrected chi connectivity index (χ0v) is 12.1.